The standard InChI is InChI=1S/C24H22N2O5/c1-31-24(30)19-13-7-8-14-25(19)15-20(21(27)16-9-3-2-4-10-16)26-22(28)17-11-5-6-12-18(17)23(26)29/h2-6,8-12,14,19-20H,7,13,15H2,1H3/t19-,20-/m0/s1. The largest absolute Gasteiger partial charge is 0.467 e. The van der Waals surface area contributed by atoms with Crippen molar-refractivity contribution in [1.82, 2.24) is 9.80 Å². The smallest absolute Gasteiger partial charge is 0.328 e. The highest BCUT2D eigenvalue weighted by Crippen LogP contribution is 2.28. The number of methoxy groups -OCH3 is 1. The molecule has 0 saturated carbocycles. The van der Waals surface area contributed by atoms with Crippen LogP contribution in [0.25, 0.3) is 0 Å². The molecule has 0 spiro atoms. The molecule has 0 radical (unpaired) electrons. The first-order valence-corrected chi connectivity index (χ1v) is 10.1. The first-order valence-electron chi connectivity index (χ1n) is 10.1. The van der Waals surface area contributed by atoms with E-state index in [2.05, 4.69) is 0 Å². The first-order chi connectivity index (χ1) is 15.0. The molecule has 2 aromatic rings. The zero-order valence-corrected chi connectivity index (χ0v) is 17.1. The van der Waals surface area contributed by atoms with Crippen molar-refractivity contribution in [2.45, 2.75) is 24.9 Å². The van der Waals surface area contributed by atoms with Crippen LogP contribution in [0.15, 0.2) is 66.9 Å². The topological polar surface area (TPSA) is 84.0 Å². The van der Waals surface area contributed by atoms with Crippen molar-refractivity contribution in [2.75, 3.05) is 13.7 Å². The maximum absolute atomic E-state index is 13.5. The van der Waals surface area contributed by atoms with Crippen LogP contribution in [0, 0.1) is 0 Å². The molecule has 2 aliphatic heterocycles. The molecule has 2 aromatic carbocycles. The summed E-state index contributed by atoms with van der Waals surface area (Å²) >= 11 is 0. The van der Waals surface area contributed by atoms with Crippen LogP contribution < -0.4 is 0 Å². The number of hydrogen-bond donors (Lipinski definition) is 0. The predicted molar refractivity (Wildman–Crippen MR) is 112 cm³/mol. The van der Waals surface area contributed by atoms with E-state index < -0.39 is 29.9 Å². The van der Waals surface area contributed by atoms with Crippen molar-refractivity contribution in [3.8, 4) is 0 Å². The van der Waals surface area contributed by atoms with Crippen LogP contribution in [0.5, 0.6) is 0 Å². The van der Waals surface area contributed by atoms with Gasteiger partial charge in [-0.3, -0.25) is 19.3 Å². The average molecular weight is 418 g/mol. The number of rotatable bonds is 6. The number of carbonyl (C=O) groups excluding carboxylic acids is 4. The summed E-state index contributed by atoms with van der Waals surface area (Å²) in [6.07, 6.45) is 4.85. The maximum Gasteiger partial charge on any atom is 0.328 e. The zero-order chi connectivity index (χ0) is 22.0. The fourth-order valence-corrected chi connectivity index (χ4v) is 4.08. The molecule has 31 heavy (non-hydrogen) atoms. The molecule has 7 nitrogen and oxygen atoms in total. The van der Waals surface area contributed by atoms with E-state index in [1.807, 2.05) is 6.08 Å². The normalized spacial score (nSPS) is 18.7. The summed E-state index contributed by atoms with van der Waals surface area (Å²) in [6.45, 7) is -0.00450. The third-order valence-corrected chi connectivity index (χ3v) is 5.66. The molecule has 0 N–H and O–H groups in total. The maximum atomic E-state index is 13.5. The number of nitrogens with zero attached hydrogens (tertiary/aromatic N) is 2. The minimum atomic E-state index is -1.09. The molecule has 0 saturated heterocycles. The molecule has 0 aromatic heterocycles. The Morgan fingerprint density at radius 3 is 2.23 bits per heavy atom. The highest BCUT2D eigenvalue weighted by Gasteiger charge is 2.44. The molecular formula is C24H22N2O5. The Balaban J connectivity index is 1.72. The molecule has 2 amide bonds. The van der Waals surface area contributed by atoms with Crippen LogP contribution in [0.4, 0.5) is 0 Å². The summed E-state index contributed by atoms with van der Waals surface area (Å²) in [7, 11) is 1.32. The van der Waals surface area contributed by atoms with Crippen LogP contribution in [-0.2, 0) is 9.53 Å². The third-order valence-electron chi connectivity index (χ3n) is 5.66. The van der Waals surface area contributed by atoms with Gasteiger partial charge >= 0.3 is 5.97 Å². The van der Waals surface area contributed by atoms with Gasteiger partial charge in [0.1, 0.15) is 12.1 Å². The van der Waals surface area contributed by atoms with Gasteiger partial charge in [-0.15, -0.1) is 0 Å². The number of imide groups is 1. The lowest BCUT2D eigenvalue weighted by Crippen LogP contribution is -2.53. The summed E-state index contributed by atoms with van der Waals surface area (Å²) in [6, 6.07) is 13.4. The molecule has 158 valence electrons. The SMILES string of the molecule is COC(=O)[C@@H]1CCC=CN1C[C@@H](C(=O)c1ccccc1)N1C(=O)c2ccccc2C1=O. The van der Waals surface area contributed by atoms with Crippen LogP contribution in [0.3, 0.4) is 0 Å². The molecular weight excluding hydrogens is 396 g/mol. The van der Waals surface area contributed by atoms with E-state index in [1.165, 1.54) is 7.11 Å². The van der Waals surface area contributed by atoms with Crippen molar-refractivity contribution in [3.05, 3.63) is 83.6 Å². The van der Waals surface area contributed by atoms with Gasteiger partial charge in [0.15, 0.2) is 5.78 Å². The molecule has 0 aliphatic carbocycles. The highest BCUT2D eigenvalue weighted by molar-refractivity contribution is 6.23. The van der Waals surface area contributed by atoms with E-state index in [9.17, 15) is 19.2 Å². The monoisotopic (exact) mass is 418 g/mol. The molecule has 0 unspecified atom stereocenters. The highest BCUT2D eigenvalue weighted by atomic mass is 16.5. The molecule has 2 aliphatic rings. The second kappa shape index (κ2) is 8.55. The van der Waals surface area contributed by atoms with Gasteiger partial charge in [0.05, 0.1) is 18.2 Å². The van der Waals surface area contributed by atoms with Gasteiger partial charge in [-0.25, -0.2) is 4.79 Å². The lowest BCUT2D eigenvalue weighted by Gasteiger charge is -2.36. The molecule has 2 atom stereocenters. The van der Waals surface area contributed by atoms with Gasteiger partial charge in [0.25, 0.3) is 11.8 Å². The lowest BCUT2D eigenvalue weighted by molar-refractivity contribution is -0.146. The van der Waals surface area contributed by atoms with E-state index in [0.717, 1.165) is 4.90 Å². The minimum Gasteiger partial charge on any atom is -0.467 e. The lowest BCUT2D eigenvalue weighted by atomic mass is 9.99. The van der Waals surface area contributed by atoms with Crippen molar-refractivity contribution in [3.63, 3.8) is 0 Å². The summed E-state index contributed by atoms with van der Waals surface area (Å²) in [5.74, 6) is -1.80. The van der Waals surface area contributed by atoms with E-state index in [1.54, 1.807) is 65.7 Å². The first kappa shape index (κ1) is 20.5. The van der Waals surface area contributed by atoms with Gasteiger partial charge in [-0.2, -0.15) is 0 Å². The average Bonchev–Trinajstić information content (AvgIpc) is 3.07. The Labute approximate surface area is 179 Å². The summed E-state index contributed by atoms with van der Waals surface area (Å²) in [4.78, 5) is 54.7. The number of benzene rings is 2. The Kier molecular flexibility index (Phi) is 5.66. The van der Waals surface area contributed by atoms with Gasteiger partial charge in [0.2, 0.25) is 0 Å². The number of ketones is 1. The van der Waals surface area contributed by atoms with E-state index >= 15 is 0 Å². The number of hydrogen-bond acceptors (Lipinski definition) is 6. The summed E-state index contributed by atoms with van der Waals surface area (Å²) in [5, 5.41) is 0. The molecule has 0 bridgehead atoms. The van der Waals surface area contributed by atoms with Gasteiger partial charge in [-0.05, 0) is 31.2 Å². The number of esters is 1. The molecule has 2 heterocycles. The second-order valence-electron chi connectivity index (χ2n) is 7.47. The number of fused-ring (bicyclic) bond motifs is 1. The van der Waals surface area contributed by atoms with Crippen molar-refractivity contribution in [2.24, 2.45) is 0 Å². The van der Waals surface area contributed by atoms with Gasteiger partial charge in [-0.1, -0.05) is 48.5 Å². The Hall–Kier alpha value is -3.74. The van der Waals surface area contributed by atoms with E-state index in [0.29, 0.717) is 18.4 Å². The van der Waals surface area contributed by atoms with E-state index in [4.69, 9.17) is 4.74 Å². The summed E-state index contributed by atoms with van der Waals surface area (Å²) in [5.41, 5.74) is 0.939. The van der Waals surface area contributed by atoms with Crippen molar-refractivity contribution in [1.29, 1.82) is 0 Å². The summed E-state index contributed by atoms with van der Waals surface area (Å²) < 4.78 is 4.92. The van der Waals surface area contributed by atoms with Crippen molar-refractivity contribution < 1.29 is 23.9 Å². The fraction of sp³-hybridized carbons (Fsp3) is 0.250. The Morgan fingerprint density at radius 2 is 1.61 bits per heavy atom. The van der Waals surface area contributed by atoms with Crippen LogP contribution in [0.1, 0.15) is 43.9 Å². The Bertz CT molecular complexity index is 1030. The quantitative estimate of drug-likeness (QED) is 0.407. The Morgan fingerprint density at radius 1 is 1.00 bits per heavy atom. The van der Waals surface area contributed by atoms with Crippen LogP contribution in [-0.4, -0.2) is 59.1 Å². The van der Waals surface area contributed by atoms with Crippen molar-refractivity contribution >= 4 is 23.6 Å². The fourth-order valence-electron chi connectivity index (χ4n) is 4.08. The number of ether oxygens (including phenoxy) is 1. The molecule has 7 heteroatoms. The number of amides is 2. The number of Topliss-reactive ketones (excluding diaryl/α,β-unsaturated/α-hetero) is 1. The van der Waals surface area contributed by atoms with Crippen LogP contribution in [0.2, 0.25) is 0 Å². The minimum absolute atomic E-state index is 0.00450. The molecule has 0 fully saturated rings. The zero-order valence-electron chi connectivity index (χ0n) is 17.1. The van der Waals surface area contributed by atoms with Crippen LogP contribution >= 0.6 is 0 Å². The van der Waals surface area contributed by atoms with Gasteiger partial charge < -0.3 is 9.64 Å². The van der Waals surface area contributed by atoms with Gasteiger partial charge in [0, 0.05) is 12.1 Å². The number of carbonyl (C=O) groups is 4. The second-order valence-corrected chi connectivity index (χ2v) is 7.47. The van der Waals surface area contributed by atoms with E-state index in [-0.39, 0.29) is 23.5 Å². The third kappa shape index (κ3) is 3.74. The predicted octanol–water partition coefficient (Wildman–Crippen LogP) is 2.69. The number of allylic oxidation sites excluding steroid dienone is 1. The molecule has 4 rings (SSSR count).